The van der Waals surface area contributed by atoms with Gasteiger partial charge in [-0.15, -0.1) is 0 Å². The van der Waals surface area contributed by atoms with Crippen molar-refractivity contribution in [2.45, 2.75) is 55.6 Å². The molecule has 6 aromatic rings. The van der Waals surface area contributed by atoms with Crippen LogP contribution in [0.5, 0.6) is 0 Å². The first-order valence-corrected chi connectivity index (χ1v) is 21.7. The number of para-hydroxylation sites is 2. The predicted molar refractivity (Wildman–Crippen MR) is 217 cm³/mol. The molecule has 1 amide bonds. The zero-order valence-electron chi connectivity index (χ0n) is 30.9. The summed E-state index contributed by atoms with van der Waals surface area (Å²) in [5.41, 5.74) is 3.68. The molecule has 1 fully saturated rings. The number of carbonyl (C=O) groups excluding carboxylic acids is 1. The monoisotopic (exact) mass is 817 g/mol. The molecule has 2 atom stereocenters. The number of H-pyrrole nitrogens is 1. The van der Waals surface area contributed by atoms with E-state index < -0.39 is 53.1 Å². The van der Waals surface area contributed by atoms with E-state index in [1.54, 1.807) is 49.8 Å². The summed E-state index contributed by atoms with van der Waals surface area (Å²) in [6.07, 6.45) is 2.34. The standard InChI is InChI=1S/C40H38ClF2N7O4S2/c1-40(2,56(53,54)27-11-12-27)17-16-26-10-13-28(29-14-15-30(41)36-38(29)50(3)48-39(36)49-55(4,5)52)37(44-26)33(20-23-18-24(42)21-25(43)19-23)47-35(51)22-34-45-31-8-6-7-9-32(31)46-34/h6-10,13-15,18-19,21,27,33H,4,11-12,20,22H2,1-3,5H3,(H,45,46)(H,47,51)(H,48,49,52)/t33-,55?/m0/s1. The second kappa shape index (κ2) is 14.6. The maximum absolute atomic E-state index is 14.6. The van der Waals surface area contributed by atoms with Gasteiger partial charge >= 0.3 is 0 Å². The summed E-state index contributed by atoms with van der Waals surface area (Å²) in [6, 6.07) is 16.2. The number of fused-ring (bicyclic) bond motifs is 2. The Morgan fingerprint density at radius 2 is 1.75 bits per heavy atom. The Kier molecular flexibility index (Phi) is 10.2. The lowest BCUT2D eigenvalue weighted by Gasteiger charge is -2.22. The lowest BCUT2D eigenvalue weighted by atomic mass is 9.93. The maximum Gasteiger partial charge on any atom is 0.228 e. The van der Waals surface area contributed by atoms with Crippen molar-refractivity contribution in [3.8, 4) is 23.0 Å². The lowest BCUT2D eigenvalue weighted by Crippen LogP contribution is -2.33. The minimum atomic E-state index is -3.55. The molecule has 7 rings (SSSR count). The molecule has 1 saturated carbocycles. The Bertz CT molecular complexity index is 2790. The van der Waals surface area contributed by atoms with E-state index in [9.17, 15) is 26.2 Å². The minimum Gasteiger partial charge on any atom is -0.347 e. The number of aromatic nitrogens is 5. The molecule has 3 N–H and O–H groups in total. The molecule has 0 bridgehead atoms. The van der Waals surface area contributed by atoms with Crippen LogP contribution in [0, 0.1) is 23.5 Å². The number of nitrogens with one attached hydrogen (secondary N) is 3. The van der Waals surface area contributed by atoms with Crippen molar-refractivity contribution >= 4 is 70.7 Å². The highest BCUT2D eigenvalue weighted by Crippen LogP contribution is 2.40. The van der Waals surface area contributed by atoms with Crippen LogP contribution in [-0.2, 0) is 44.2 Å². The van der Waals surface area contributed by atoms with Crippen LogP contribution in [-0.4, -0.2) is 65.4 Å². The van der Waals surface area contributed by atoms with Crippen molar-refractivity contribution in [2.75, 3.05) is 11.0 Å². The number of benzene rings is 3. The molecule has 290 valence electrons. The topological polar surface area (TPSA) is 152 Å². The van der Waals surface area contributed by atoms with Crippen LogP contribution in [0.15, 0.2) is 66.7 Å². The first-order chi connectivity index (χ1) is 26.4. The second-order valence-electron chi connectivity index (χ2n) is 14.5. The van der Waals surface area contributed by atoms with E-state index in [0.29, 0.717) is 51.2 Å². The van der Waals surface area contributed by atoms with E-state index in [1.165, 1.54) is 18.4 Å². The number of hydrogen-bond donors (Lipinski definition) is 3. The Labute approximate surface area is 328 Å². The van der Waals surface area contributed by atoms with Gasteiger partial charge in [-0.3, -0.25) is 14.2 Å². The molecule has 3 aromatic carbocycles. The Morgan fingerprint density at radius 3 is 2.43 bits per heavy atom. The molecule has 0 radical (unpaired) electrons. The Morgan fingerprint density at radius 1 is 1.05 bits per heavy atom. The van der Waals surface area contributed by atoms with Crippen molar-refractivity contribution in [1.82, 2.24) is 30.0 Å². The fourth-order valence-electron chi connectivity index (χ4n) is 6.66. The molecule has 0 spiro atoms. The number of carbonyl (C=O) groups is 1. The normalized spacial score (nSPS) is 14.9. The number of imidazole rings is 1. The van der Waals surface area contributed by atoms with Crippen molar-refractivity contribution in [3.63, 3.8) is 0 Å². The number of sulfone groups is 1. The summed E-state index contributed by atoms with van der Waals surface area (Å²) >= 11 is 6.72. The van der Waals surface area contributed by atoms with Crippen molar-refractivity contribution in [3.05, 3.63) is 106 Å². The summed E-state index contributed by atoms with van der Waals surface area (Å²) in [7, 11) is -4.64. The SMILES string of the molecule is C=S(C)(=O)Nc1nn(C)c2c(-c3ccc(C#CC(C)(C)S(=O)(=O)C4CC4)nc3[C@H](Cc3cc(F)cc(F)c3)NC(=O)Cc3nc4ccccc4[nH]3)ccc(Cl)c12. The zero-order chi connectivity index (χ0) is 40.2. The Balaban J connectivity index is 1.40. The van der Waals surface area contributed by atoms with Gasteiger partial charge in [-0.25, -0.2) is 31.4 Å². The predicted octanol–water partition coefficient (Wildman–Crippen LogP) is 6.47. The largest absolute Gasteiger partial charge is 0.347 e. The molecule has 1 aliphatic carbocycles. The summed E-state index contributed by atoms with van der Waals surface area (Å²) < 4.78 is 71.4. The van der Waals surface area contributed by atoms with Gasteiger partial charge in [-0.2, -0.15) is 5.10 Å². The third-order valence-corrected chi connectivity index (χ3v) is 13.2. The molecule has 0 aliphatic heterocycles. The van der Waals surface area contributed by atoms with E-state index in [0.717, 1.165) is 11.6 Å². The van der Waals surface area contributed by atoms with Crippen molar-refractivity contribution < 1.29 is 26.2 Å². The molecular formula is C40H38ClF2N7O4S2. The first kappa shape index (κ1) is 39.0. The van der Waals surface area contributed by atoms with Gasteiger partial charge in [-0.05, 0) is 92.9 Å². The Hall–Kier alpha value is -5.30. The smallest absolute Gasteiger partial charge is 0.228 e. The molecule has 3 aromatic heterocycles. The van der Waals surface area contributed by atoms with E-state index >= 15 is 0 Å². The quantitative estimate of drug-likeness (QED) is 0.100. The van der Waals surface area contributed by atoms with E-state index in [2.05, 4.69) is 42.8 Å². The van der Waals surface area contributed by atoms with E-state index in [1.807, 2.05) is 24.3 Å². The molecule has 3 heterocycles. The lowest BCUT2D eigenvalue weighted by molar-refractivity contribution is -0.121. The number of nitrogens with zero attached hydrogens (tertiary/aromatic N) is 4. The number of hydrogen-bond acceptors (Lipinski definition) is 7. The van der Waals surface area contributed by atoms with Crippen molar-refractivity contribution in [1.29, 1.82) is 0 Å². The van der Waals surface area contributed by atoms with Crippen LogP contribution >= 0.6 is 11.6 Å². The number of halogens is 3. The molecule has 1 aliphatic rings. The van der Waals surface area contributed by atoms with Gasteiger partial charge in [0.1, 0.15) is 27.9 Å². The van der Waals surface area contributed by atoms with E-state index in [-0.39, 0.29) is 35.6 Å². The van der Waals surface area contributed by atoms with Gasteiger partial charge in [0.05, 0.1) is 50.4 Å². The highest BCUT2D eigenvalue weighted by Gasteiger charge is 2.45. The number of aryl methyl sites for hydroxylation is 1. The third-order valence-electron chi connectivity index (χ3n) is 9.42. The zero-order valence-corrected chi connectivity index (χ0v) is 33.3. The highest BCUT2D eigenvalue weighted by atomic mass is 35.5. The van der Waals surface area contributed by atoms with Crippen LogP contribution in [0.1, 0.15) is 55.5 Å². The molecule has 11 nitrogen and oxygen atoms in total. The number of anilines is 1. The summed E-state index contributed by atoms with van der Waals surface area (Å²) in [4.78, 5) is 26.5. The third kappa shape index (κ3) is 8.14. The number of rotatable bonds is 11. The van der Waals surface area contributed by atoms with E-state index in [4.69, 9.17) is 16.6 Å². The second-order valence-corrected chi connectivity index (χ2v) is 19.9. The van der Waals surface area contributed by atoms with Crippen LogP contribution < -0.4 is 10.0 Å². The maximum atomic E-state index is 14.6. The molecule has 16 heteroatoms. The highest BCUT2D eigenvalue weighted by molar-refractivity contribution is 8.00. The van der Waals surface area contributed by atoms with Gasteiger partial charge < -0.3 is 10.3 Å². The number of amides is 1. The van der Waals surface area contributed by atoms with Crippen molar-refractivity contribution in [2.24, 2.45) is 7.05 Å². The van der Waals surface area contributed by atoms with Crippen LogP contribution in [0.4, 0.5) is 14.6 Å². The molecule has 56 heavy (non-hydrogen) atoms. The molecule has 1 unspecified atom stereocenters. The molecule has 0 saturated heterocycles. The fourth-order valence-corrected chi connectivity index (χ4v) is 9.23. The average molecular weight is 818 g/mol. The van der Waals surface area contributed by atoms with Crippen LogP contribution in [0.25, 0.3) is 33.1 Å². The van der Waals surface area contributed by atoms with Crippen LogP contribution in [0.3, 0.4) is 0 Å². The van der Waals surface area contributed by atoms with Gasteiger partial charge in [0.25, 0.3) is 0 Å². The number of pyridine rings is 1. The number of aromatic amines is 1. The van der Waals surface area contributed by atoms with Crippen LogP contribution in [0.2, 0.25) is 5.02 Å². The van der Waals surface area contributed by atoms with Gasteiger partial charge in [0.15, 0.2) is 15.7 Å². The van der Waals surface area contributed by atoms with Gasteiger partial charge in [0, 0.05) is 40.2 Å². The minimum absolute atomic E-state index is 0.104. The first-order valence-electron chi connectivity index (χ1n) is 17.6. The van der Waals surface area contributed by atoms with Gasteiger partial charge in [0.2, 0.25) is 5.91 Å². The van der Waals surface area contributed by atoms with Gasteiger partial charge in [-0.1, -0.05) is 35.7 Å². The summed E-state index contributed by atoms with van der Waals surface area (Å²) in [6.45, 7) is 3.11. The molecular weight excluding hydrogens is 780 g/mol. The summed E-state index contributed by atoms with van der Waals surface area (Å²) in [5.74, 6) is 8.12. The fraction of sp³-hybridized carbons (Fsp3) is 0.275. The average Bonchev–Trinajstić information content (AvgIpc) is 3.82. The summed E-state index contributed by atoms with van der Waals surface area (Å²) in [5, 5.41) is 7.90.